The molecule has 0 radical (unpaired) electrons. The molecule has 0 spiro atoms. The van der Waals surface area contributed by atoms with Gasteiger partial charge in [0.05, 0.1) is 10.5 Å². The van der Waals surface area contributed by atoms with E-state index in [2.05, 4.69) is 10.8 Å². The average Bonchev–Trinajstić information content (AvgIpc) is 3.24. The van der Waals surface area contributed by atoms with Crippen molar-refractivity contribution in [2.24, 2.45) is 18.9 Å². The highest BCUT2D eigenvalue weighted by atomic mass is 32.2. The minimum Gasteiger partial charge on any atom is -0.390 e. The number of amides is 1. The maximum atomic E-state index is 13.3. The molecule has 38 heavy (non-hydrogen) atoms. The minimum atomic E-state index is -3.69. The third-order valence-electron chi connectivity index (χ3n) is 8.53. The summed E-state index contributed by atoms with van der Waals surface area (Å²) in [5, 5.41) is 11.4. The van der Waals surface area contributed by atoms with Crippen molar-refractivity contribution in [3.63, 3.8) is 0 Å². The molecule has 204 valence electrons. The van der Waals surface area contributed by atoms with Gasteiger partial charge >= 0.3 is 0 Å². The van der Waals surface area contributed by atoms with Gasteiger partial charge < -0.3 is 14.6 Å². The van der Waals surface area contributed by atoms with Crippen LogP contribution in [0.4, 0.5) is 0 Å². The van der Waals surface area contributed by atoms with Crippen molar-refractivity contribution < 1.29 is 18.3 Å². The topological polar surface area (TPSA) is 91.6 Å². The molecule has 1 amide bonds. The monoisotopic (exact) mass is 537 g/mol. The van der Waals surface area contributed by atoms with Gasteiger partial charge in [-0.1, -0.05) is 36.4 Å². The number of benzene rings is 2. The van der Waals surface area contributed by atoms with Crippen LogP contribution in [0.3, 0.4) is 0 Å². The molecule has 8 heteroatoms. The van der Waals surface area contributed by atoms with Crippen LogP contribution < -0.4 is 4.72 Å². The number of aryl methyl sites for hydroxylation is 1. The summed E-state index contributed by atoms with van der Waals surface area (Å²) in [7, 11) is -1.73. The van der Waals surface area contributed by atoms with E-state index in [1.807, 2.05) is 66.8 Å². The number of nitrogens with zero attached hydrogens (tertiary/aromatic N) is 2. The Hall–Kier alpha value is -2.68. The molecule has 2 heterocycles. The molecule has 1 unspecified atom stereocenters. The quantitative estimate of drug-likeness (QED) is 0.477. The Morgan fingerprint density at radius 2 is 1.71 bits per heavy atom. The Morgan fingerprint density at radius 3 is 2.39 bits per heavy atom. The summed E-state index contributed by atoms with van der Waals surface area (Å²) in [6, 6.07) is 17.2. The predicted molar refractivity (Wildman–Crippen MR) is 150 cm³/mol. The fraction of sp³-hybridized carbons (Fsp3) is 0.500. The van der Waals surface area contributed by atoms with Gasteiger partial charge in [0, 0.05) is 54.6 Å². The smallest absolute Gasteiger partial charge is 0.240 e. The van der Waals surface area contributed by atoms with Crippen LogP contribution in [0, 0.1) is 11.8 Å². The predicted octanol–water partition coefficient (Wildman–Crippen LogP) is 4.69. The second-order valence-electron chi connectivity index (χ2n) is 11.6. The molecular formula is C30H39N3O4S. The zero-order valence-electron chi connectivity index (χ0n) is 22.6. The highest BCUT2D eigenvalue weighted by Crippen LogP contribution is 2.32. The molecule has 1 aliphatic heterocycles. The summed E-state index contributed by atoms with van der Waals surface area (Å²) in [6.45, 7) is 4.98. The molecule has 2 aliphatic rings. The Labute approximate surface area is 225 Å². The number of aromatic nitrogens is 1. The van der Waals surface area contributed by atoms with Gasteiger partial charge in [0.15, 0.2) is 0 Å². The van der Waals surface area contributed by atoms with E-state index in [0.717, 1.165) is 41.5 Å². The number of hydrogen-bond donors (Lipinski definition) is 2. The number of aliphatic hydroxyl groups is 1. The largest absolute Gasteiger partial charge is 0.390 e. The Kier molecular flexibility index (Phi) is 7.42. The first-order valence-electron chi connectivity index (χ1n) is 13.7. The molecule has 7 nitrogen and oxygen atoms in total. The van der Waals surface area contributed by atoms with Gasteiger partial charge in [-0.05, 0) is 76.1 Å². The highest BCUT2D eigenvalue weighted by Gasteiger charge is 2.36. The maximum absolute atomic E-state index is 13.3. The number of nitrogens with one attached hydrogen (secondary N) is 1. The van der Waals surface area contributed by atoms with Crippen molar-refractivity contribution >= 4 is 26.8 Å². The molecule has 2 N–H and O–H groups in total. The zero-order valence-corrected chi connectivity index (χ0v) is 23.4. The van der Waals surface area contributed by atoms with E-state index in [4.69, 9.17) is 0 Å². The van der Waals surface area contributed by atoms with Crippen LogP contribution in [0.25, 0.3) is 22.2 Å². The number of hydrogen-bond acceptors (Lipinski definition) is 4. The summed E-state index contributed by atoms with van der Waals surface area (Å²) in [5.74, 6) is 0.171. The fourth-order valence-corrected chi connectivity index (χ4v) is 7.45. The van der Waals surface area contributed by atoms with Crippen LogP contribution in [-0.4, -0.2) is 53.6 Å². The number of carbonyl (C=O) groups excluding carboxylic acids is 1. The first-order valence-corrected chi connectivity index (χ1v) is 15.2. The van der Waals surface area contributed by atoms with E-state index in [1.165, 1.54) is 0 Å². The molecule has 2 aromatic carbocycles. The second kappa shape index (κ2) is 10.5. The van der Waals surface area contributed by atoms with E-state index in [-0.39, 0.29) is 28.7 Å². The van der Waals surface area contributed by atoms with Crippen LogP contribution in [-0.2, 0) is 21.9 Å². The molecule has 2 fully saturated rings. The Balaban J connectivity index is 1.23. The van der Waals surface area contributed by atoms with Crippen molar-refractivity contribution in [1.82, 2.24) is 14.2 Å². The lowest BCUT2D eigenvalue weighted by atomic mass is 9.82. The van der Waals surface area contributed by atoms with Gasteiger partial charge in [-0.3, -0.25) is 4.79 Å². The van der Waals surface area contributed by atoms with Crippen LogP contribution in [0.2, 0.25) is 0 Å². The van der Waals surface area contributed by atoms with Crippen LogP contribution in [0.15, 0.2) is 59.5 Å². The van der Waals surface area contributed by atoms with Crippen molar-refractivity contribution in [3.8, 4) is 11.3 Å². The van der Waals surface area contributed by atoms with Crippen molar-refractivity contribution in [3.05, 3.63) is 54.6 Å². The Bertz CT molecular complexity index is 1400. The number of sulfonamides is 1. The lowest BCUT2D eigenvalue weighted by molar-refractivity contribution is -0.140. The lowest BCUT2D eigenvalue weighted by Gasteiger charge is -2.40. The summed E-state index contributed by atoms with van der Waals surface area (Å²) in [4.78, 5) is 15.4. The number of carbonyl (C=O) groups is 1. The first kappa shape index (κ1) is 26.9. The minimum absolute atomic E-state index is 0.0764. The number of piperidine rings is 1. The molecule has 1 aliphatic carbocycles. The molecule has 1 atom stereocenters. The van der Waals surface area contributed by atoms with E-state index in [1.54, 1.807) is 12.1 Å². The van der Waals surface area contributed by atoms with Crippen molar-refractivity contribution in [1.29, 1.82) is 0 Å². The van der Waals surface area contributed by atoms with Gasteiger partial charge in [0.1, 0.15) is 0 Å². The lowest BCUT2D eigenvalue weighted by Crippen LogP contribution is -2.49. The highest BCUT2D eigenvalue weighted by molar-refractivity contribution is 7.89. The summed E-state index contributed by atoms with van der Waals surface area (Å²) in [6.07, 6.45) is 4.48. The van der Waals surface area contributed by atoms with Gasteiger partial charge in [-0.15, -0.1) is 0 Å². The third kappa shape index (κ3) is 5.53. The van der Waals surface area contributed by atoms with Gasteiger partial charge in [0.25, 0.3) is 0 Å². The molecule has 5 rings (SSSR count). The standard InChI is InChI=1S/C30H39N3O4S/c1-30(2,35)24-10-7-17-33(20-24)29(34)22-11-14-25(15-12-22)31-38(36,37)26-16-13-23-18-27(32(3)28(23)19-26)21-8-5-4-6-9-21/h4-6,8-9,13,16,18-19,22,24-25,31,35H,7,10-12,14-15,17,20H2,1-3H3. The fourth-order valence-electron chi connectivity index (χ4n) is 6.12. The van der Waals surface area contributed by atoms with Crippen LogP contribution in [0.5, 0.6) is 0 Å². The Morgan fingerprint density at radius 1 is 1.00 bits per heavy atom. The zero-order chi connectivity index (χ0) is 27.1. The molecule has 1 aromatic heterocycles. The summed E-state index contributed by atoms with van der Waals surface area (Å²) >= 11 is 0. The van der Waals surface area contributed by atoms with E-state index in [9.17, 15) is 18.3 Å². The third-order valence-corrected chi connectivity index (χ3v) is 10.0. The van der Waals surface area contributed by atoms with Gasteiger partial charge in [0.2, 0.25) is 15.9 Å². The van der Waals surface area contributed by atoms with E-state index in [0.29, 0.717) is 32.2 Å². The molecule has 3 aromatic rings. The normalized spacial score (nSPS) is 23.1. The average molecular weight is 538 g/mol. The van der Waals surface area contributed by atoms with E-state index >= 15 is 0 Å². The van der Waals surface area contributed by atoms with Gasteiger partial charge in [-0.25, -0.2) is 13.1 Å². The molecule has 1 saturated carbocycles. The number of fused-ring (bicyclic) bond motifs is 1. The summed E-state index contributed by atoms with van der Waals surface area (Å²) < 4.78 is 31.5. The number of likely N-dealkylation sites (tertiary alicyclic amines) is 1. The van der Waals surface area contributed by atoms with E-state index < -0.39 is 15.6 Å². The second-order valence-corrected chi connectivity index (χ2v) is 13.3. The van der Waals surface area contributed by atoms with Crippen LogP contribution >= 0.6 is 0 Å². The molecular weight excluding hydrogens is 498 g/mol. The van der Waals surface area contributed by atoms with Crippen molar-refractivity contribution in [2.45, 2.75) is 68.9 Å². The number of rotatable bonds is 6. The first-order chi connectivity index (χ1) is 18.0. The SMILES string of the molecule is Cn1c(-c2ccccc2)cc2ccc(S(=O)(=O)NC3CCC(C(=O)N4CCCC(C(C)(C)O)C4)CC3)cc21. The summed E-state index contributed by atoms with van der Waals surface area (Å²) in [5.41, 5.74) is 2.20. The van der Waals surface area contributed by atoms with Crippen LogP contribution in [0.1, 0.15) is 52.4 Å². The van der Waals surface area contributed by atoms with Crippen molar-refractivity contribution in [2.75, 3.05) is 13.1 Å². The maximum Gasteiger partial charge on any atom is 0.240 e. The molecule has 1 saturated heterocycles. The molecule has 0 bridgehead atoms. The van der Waals surface area contributed by atoms with Gasteiger partial charge in [-0.2, -0.15) is 0 Å².